The summed E-state index contributed by atoms with van der Waals surface area (Å²) in [5.41, 5.74) is 1.49. The van der Waals surface area contributed by atoms with Gasteiger partial charge >= 0.3 is 0 Å². The van der Waals surface area contributed by atoms with Gasteiger partial charge in [-0.1, -0.05) is 48.5 Å². The van der Waals surface area contributed by atoms with Gasteiger partial charge in [0.15, 0.2) is 0 Å². The number of nitrogens with zero attached hydrogens (tertiary/aromatic N) is 2. The summed E-state index contributed by atoms with van der Waals surface area (Å²) in [7, 11) is -3.48. The molecular weight excluding hydrogens is 414 g/mol. The van der Waals surface area contributed by atoms with E-state index in [1.165, 1.54) is 4.31 Å². The summed E-state index contributed by atoms with van der Waals surface area (Å²) in [6, 6.07) is 17.7. The third kappa shape index (κ3) is 7.40. The number of amides is 2. The largest absolute Gasteiger partial charge is 0.355 e. The molecule has 0 aromatic heterocycles. The van der Waals surface area contributed by atoms with Gasteiger partial charge in [-0.15, -0.1) is 0 Å². The Morgan fingerprint density at radius 1 is 1.00 bits per heavy atom. The molecule has 1 atom stereocenters. The van der Waals surface area contributed by atoms with Crippen LogP contribution < -0.4 is 9.62 Å². The molecule has 31 heavy (non-hydrogen) atoms. The first kappa shape index (κ1) is 24.4. The van der Waals surface area contributed by atoms with Gasteiger partial charge in [0.25, 0.3) is 0 Å². The van der Waals surface area contributed by atoms with Crippen LogP contribution in [-0.4, -0.2) is 50.5 Å². The van der Waals surface area contributed by atoms with Gasteiger partial charge < -0.3 is 10.2 Å². The Hall–Kier alpha value is -2.87. The van der Waals surface area contributed by atoms with Crippen LogP contribution >= 0.6 is 0 Å². The number of para-hydroxylation sites is 1. The lowest BCUT2D eigenvalue weighted by Gasteiger charge is -2.29. The number of carbonyl (C=O) groups excluding carboxylic acids is 2. The molecular formula is C23H31N3O4S. The molecule has 2 aromatic carbocycles. The minimum Gasteiger partial charge on any atom is -0.355 e. The Bertz CT molecular complexity index is 949. The monoisotopic (exact) mass is 445 g/mol. The molecule has 8 heteroatoms. The van der Waals surface area contributed by atoms with E-state index in [9.17, 15) is 18.0 Å². The molecule has 0 aliphatic carbocycles. The summed E-state index contributed by atoms with van der Waals surface area (Å²) < 4.78 is 25.8. The van der Waals surface area contributed by atoms with Crippen molar-refractivity contribution in [1.82, 2.24) is 10.2 Å². The van der Waals surface area contributed by atoms with Crippen molar-refractivity contribution in [2.24, 2.45) is 0 Å². The first-order valence-electron chi connectivity index (χ1n) is 10.4. The Balaban J connectivity index is 2.10. The number of likely N-dealkylation sites (N-methyl/N-ethyl adjacent to an activating group) is 1. The first-order valence-corrected chi connectivity index (χ1v) is 12.2. The molecule has 0 saturated heterocycles. The van der Waals surface area contributed by atoms with Crippen LogP contribution in [0.4, 0.5) is 5.69 Å². The second-order valence-corrected chi connectivity index (χ2v) is 9.26. The Morgan fingerprint density at radius 3 is 2.13 bits per heavy atom. The van der Waals surface area contributed by atoms with Crippen molar-refractivity contribution >= 4 is 27.5 Å². The van der Waals surface area contributed by atoms with Crippen molar-refractivity contribution in [3.63, 3.8) is 0 Å². The average molecular weight is 446 g/mol. The Labute approximate surface area is 185 Å². The number of rotatable bonds is 11. The molecule has 1 N–H and O–H groups in total. The summed E-state index contributed by atoms with van der Waals surface area (Å²) in [4.78, 5) is 27.0. The van der Waals surface area contributed by atoms with E-state index < -0.39 is 16.1 Å². The molecule has 168 valence electrons. The molecule has 7 nitrogen and oxygen atoms in total. The molecule has 2 rings (SSSR count). The molecule has 0 heterocycles. The van der Waals surface area contributed by atoms with Crippen LogP contribution in [-0.2, 0) is 26.2 Å². The fourth-order valence-corrected chi connectivity index (χ4v) is 4.25. The summed E-state index contributed by atoms with van der Waals surface area (Å²) in [6.07, 6.45) is 1.63. The molecule has 1 unspecified atom stereocenters. The quantitative estimate of drug-likeness (QED) is 0.576. The van der Waals surface area contributed by atoms with Gasteiger partial charge in [0.1, 0.15) is 6.04 Å². The molecule has 0 aliphatic heterocycles. The molecule has 0 bridgehead atoms. The molecule has 2 amide bonds. The fourth-order valence-electron chi connectivity index (χ4n) is 3.28. The zero-order chi connectivity index (χ0) is 22.9. The van der Waals surface area contributed by atoms with Crippen LogP contribution in [0.1, 0.15) is 32.3 Å². The van der Waals surface area contributed by atoms with Crippen LogP contribution in [0.3, 0.4) is 0 Å². The Morgan fingerprint density at radius 2 is 1.58 bits per heavy atom. The van der Waals surface area contributed by atoms with Crippen LogP contribution in [0.5, 0.6) is 0 Å². The van der Waals surface area contributed by atoms with Crippen molar-refractivity contribution in [3.8, 4) is 0 Å². The first-order chi connectivity index (χ1) is 14.7. The zero-order valence-electron chi connectivity index (χ0n) is 18.3. The predicted octanol–water partition coefficient (Wildman–Crippen LogP) is 2.79. The van der Waals surface area contributed by atoms with Crippen molar-refractivity contribution in [2.45, 2.75) is 39.3 Å². The van der Waals surface area contributed by atoms with Gasteiger partial charge in [-0.2, -0.15) is 0 Å². The summed E-state index contributed by atoms with van der Waals surface area (Å²) in [6.45, 7) is 4.52. The maximum absolute atomic E-state index is 13.0. The standard InChI is InChI=1S/C23H31N3O4S/c1-4-24-23(28)19(2)25(18-20-12-7-5-8-13-20)22(27)16-11-17-26(31(3,29)30)21-14-9-6-10-15-21/h5-10,12-15,19H,4,11,16-18H2,1-3H3,(H,24,28). The van der Waals surface area contributed by atoms with E-state index in [1.807, 2.05) is 43.3 Å². The topological polar surface area (TPSA) is 86.8 Å². The smallest absolute Gasteiger partial charge is 0.242 e. The van der Waals surface area contributed by atoms with Gasteiger partial charge in [0.2, 0.25) is 21.8 Å². The molecule has 0 fully saturated rings. The molecule has 2 aromatic rings. The number of hydrogen-bond donors (Lipinski definition) is 1. The second kappa shape index (κ2) is 11.5. The van der Waals surface area contributed by atoms with Crippen molar-refractivity contribution in [3.05, 3.63) is 66.2 Å². The van der Waals surface area contributed by atoms with Crippen LogP contribution in [0.2, 0.25) is 0 Å². The summed E-state index contributed by atoms with van der Waals surface area (Å²) in [5, 5.41) is 2.76. The van der Waals surface area contributed by atoms with Crippen molar-refractivity contribution < 1.29 is 18.0 Å². The zero-order valence-corrected chi connectivity index (χ0v) is 19.1. The molecule has 0 aliphatic rings. The van der Waals surface area contributed by atoms with E-state index in [4.69, 9.17) is 0 Å². The van der Waals surface area contributed by atoms with E-state index in [0.29, 0.717) is 25.2 Å². The lowest BCUT2D eigenvalue weighted by molar-refractivity contribution is -0.140. The van der Waals surface area contributed by atoms with E-state index in [0.717, 1.165) is 11.8 Å². The van der Waals surface area contributed by atoms with E-state index in [2.05, 4.69) is 5.32 Å². The highest BCUT2D eigenvalue weighted by Gasteiger charge is 2.26. The Kier molecular flexibility index (Phi) is 9.05. The number of carbonyl (C=O) groups is 2. The lowest BCUT2D eigenvalue weighted by Crippen LogP contribution is -2.47. The maximum Gasteiger partial charge on any atom is 0.242 e. The van der Waals surface area contributed by atoms with Gasteiger partial charge in [-0.3, -0.25) is 13.9 Å². The highest BCUT2D eigenvalue weighted by molar-refractivity contribution is 7.92. The SMILES string of the molecule is CCNC(=O)C(C)N(Cc1ccccc1)C(=O)CCCN(c1ccccc1)S(C)(=O)=O. The number of benzene rings is 2. The summed E-state index contributed by atoms with van der Waals surface area (Å²) >= 11 is 0. The lowest BCUT2D eigenvalue weighted by atomic mass is 10.1. The minimum atomic E-state index is -3.48. The average Bonchev–Trinajstić information content (AvgIpc) is 2.75. The van der Waals surface area contributed by atoms with Crippen LogP contribution in [0, 0.1) is 0 Å². The van der Waals surface area contributed by atoms with E-state index in [-0.39, 0.29) is 24.8 Å². The molecule has 0 spiro atoms. The van der Waals surface area contributed by atoms with E-state index >= 15 is 0 Å². The van der Waals surface area contributed by atoms with Gasteiger partial charge in [0.05, 0.1) is 11.9 Å². The highest BCUT2D eigenvalue weighted by atomic mass is 32.2. The van der Waals surface area contributed by atoms with Gasteiger partial charge in [-0.05, 0) is 38.0 Å². The van der Waals surface area contributed by atoms with Crippen LogP contribution in [0.25, 0.3) is 0 Å². The predicted molar refractivity (Wildman–Crippen MR) is 123 cm³/mol. The third-order valence-corrected chi connectivity index (χ3v) is 6.10. The van der Waals surface area contributed by atoms with Crippen LogP contribution in [0.15, 0.2) is 60.7 Å². The minimum absolute atomic E-state index is 0.134. The number of anilines is 1. The summed E-state index contributed by atoms with van der Waals surface area (Å²) in [5.74, 6) is -0.405. The molecule has 0 radical (unpaired) electrons. The third-order valence-electron chi connectivity index (χ3n) is 4.91. The molecule has 0 saturated carbocycles. The van der Waals surface area contributed by atoms with Crippen molar-refractivity contribution in [1.29, 1.82) is 0 Å². The maximum atomic E-state index is 13.0. The van der Waals surface area contributed by atoms with E-state index in [1.54, 1.807) is 36.1 Å². The van der Waals surface area contributed by atoms with Gasteiger partial charge in [-0.25, -0.2) is 8.42 Å². The number of sulfonamides is 1. The highest BCUT2D eigenvalue weighted by Crippen LogP contribution is 2.18. The normalized spacial score (nSPS) is 12.1. The van der Waals surface area contributed by atoms with Crippen molar-refractivity contribution in [2.75, 3.05) is 23.7 Å². The fraction of sp³-hybridized carbons (Fsp3) is 0.391. The number of hydrogen-bond acceptors (Lipinski definition) is 4. The second-order valence-electron chi connectivity index (χ2n) is 7.35. The van der Waals surface area contributed by atoms with Gasteiger partial charge in [0, 0.05) is 26.1 Å². The number of nitrogens with one attached hydrogen (secondary N) is 1.